The van der Waals surface area contributed by atoms with E-state index in [0.717, 1.165) is 16.0 Å². The number of aryl methyl sites for hydroxylation is 1. The number of aromatic nitrogens is 6. The number of thioether (sulfide) groups is 1. The van der Waals surface area contributed by atoms with Crippen LogP contribution in [-0.2, 0) is 12.3 Å². The van der Waals surface area contributed by atoms with Gasteiger partial charge in [0.25, 0.3) is 11.1 Å². The molecule has 0 saturated heterocycles. The number of hydrogen-bond donors (Lipinski definition) is 0. The van der Waals surface area contributed by atoms with E-state index in [0.29, 0.717) is 73.2 Å². The number of benzene rings is 3. The van der Waals surface area contributed by atoms with E-state index in [9.17, 15) is 14.0 Å². The lowest BCUT2D eigenvalue weighted by atomic mass is 10.0. The molecule has 4 heterocycles. The van der Waals surface area contributed by atoms with Crippen LogP contribution >= 0.6 is 34.7 Å². The van der Waals surface area contributed by atoms with Gasteiger partial charge < -0.3 is 4.74 Å². The molecule has 0 aliphatic carbocycles. The molecule has 0 bridgehead atoms. The van der Waals surface area contributed by atoms with E-state index in [1.165, 1.54) is 39.8 Å². The molecule has 46 heavy (non-hydrogen) atoms. The fourth-order valence-corrected chi connectivity index (χ4v) is 7.85. The number of rotatable bonds is 8. The zero-order chi connectivity index (χ0) is 32.1. The molecule has 0 radical (unpaired) electrons. The first-order chi connectivity index (χ1) is 22.3. The summed E-state index contributed by atoms with van der Waals surface area (Å²) in [7, 11) is 0. The zero-order valence-corrected chi connectivity index (χ0v) is 27.3. The quantitative estimate of drug-likeness (QED) is 0.124. The topological polar surface area (TPSA) is 96.3 Å². The van der Waals surface area contributed by atoms with Gasteiger partial charge in [0, 0.05) is 22.0 Å². The van der Waals surface area contributed by atoms with Gasteiger partial charge in [0.1, 0.15) is 22.2 Å². The minimum absolute atomic E-state index is 0.161. The van der Waals surface area contributed by atoms with Crippen molar-refractivity contribution in [3.05, 3.63) is 109 Å². The second-order valence-corrected chi connectivity index (χ2v) is 13.0. The van der Waals surface area contributed by atoms with Gasteiger partial charge in [-0.25, -0.2) is 13.9 Å². The summed E-state index contributed by atoms with van der Waals surface area (Å²) in [5.41, 5.74) is 2.31. The van der Waals surface area contributed by atoms with E-state index in [1.807, 2.05) is 25.2 Å². The molecule has 0 amide bonds. The van der Waals surface area contributed by atoms with Crippen LogP contribution in [0, 0.1) is 12.7 Å². The largest absolute Gasteiger partial charge is 0.494 e. The molecule has 3 aromatic carbocycles. The van der Waals surface area contributed by atoms with Crippen LogP contribution in [-0.4, -0.2) is 35.3 Å². The van der Waals surface area contributed by atoms with Gasteiger partial charge in [-0.15, -0.1) is 21.5 Å². The van der Waals surface area contributed by atoms with Gasteiger partial charge in [0.2, 0.25) is 5.78 Å². The molecular formula is C33H26ClFN6O3S2. The molecule has 0 saturated carbocycles. The summed E-state index contributed by atoms with van der Waals surface area (Å²) in [5, 5.41) is 10.9. The van der Waals surface area contributed by atoms with Gasteiger partial charge >= 0.3 is 0 Å². The second-order valence-electron chi connectivity index (χ2n) is 10.4. The average molecular weight is 673 g/mol. The molecule has 0 unspecified atom stereocenters. The Balaban J connectivity index is 1.34. The summed E-state index contributed by atoms with van der Waals surface area (Å²) >= 11 is 9.19. The lowest BCUT2D eigenvalue weighted by molar-refractivity contribution is 0.340. The second kappa shape index (κ2) is 12.0. The third kappa shape index (κ3) is 5.06. The lowest BCUT2D eigenvalue weighted by Gasteiger charge is -2.13. The number of halogens is 2. The standard InChI is InChI=1S/C33H26ClFN6O3S2/c1-4-39-31(43)28-27(19-6-9-21(35)10-7-19)18(3)46-29(28)36-33(39)45-17-26-37-38-32-40(22-11-13-23(14-12-22)44-5-2)30(42)24-15-8-20(34)16-25(24)41(26)32/h6-16H,4-5,17H2,1-3H3. The van der Waals surface area contributed by atoms with Crippen molar-refractivity contribution in [1.29, 1.82) is 0 Å². The molecule has 13 heteroatoms. The molecule has 0 fully saturated rings. The number of ether oxygens (including phenoxy) is 1. The maximum absolute atomic E-state index is 13.9. The molecule has 7 rings (SSSR count). The van der Waals surface area contributed by atoms with Crippen molar-refractivity contribution in [2.45, 2.75) is 38.2 Å². The first-order valence-corrected chi connectivity index (χ1v) is 16.7. The predicted octanol–water partition coefficient (Wildman–Crippen LogP) is 7.28. The Hall–Kier alpha value is -4.52. The summed E-state index contributed by atoms with van der Waals surface area (Å²) in [6.45, 7) is 6.68. The highest BCUT2D eigenvalue weighted by Crippen LogP contribution is 2.37. The van der Waals surface area contributed by atoms with Crippen molar-refractivity contribution < 1.29 is 9.13 Å². The van der Waals surface area contributed by atoms with Gasteiger partial charge in [0.05, 0.1) is 34.3 Å². The van der Waals surface area contributed by atoms with Crippen molar-refractivity contribution in [3.8, 4) is 22.6 Å². The monoisotopic (exact) mass is 672 g/mol. The molecule has 7 aromatic rings. The van der Waals surface area contributed by atoms with E-state index >= 15 is 0 Å². The summed E-state index contributed by atoms with van der Waals surface area (Å²) in [5.74, 6) is 1.54. The first-order valence-electron chi connectivity index (χ1n) is 14.5. The van der Waals surface area contributed by atoms with Crippen LogP contribution in [0.1, 0.15) is 24.5 Å². The molecule has 0 aliphatic heterocycles. The summed E-state index contributed by atoms with van der Waals surface area (Å²) in [4.78, 5) is 34.1. The lowest BCUT2D eigenvalue weighted by Crippen LogP contribution is -2.22. The molecule has 0 atom stereocenters. The van der Waals surface area contributed by atoms with Crippen LogP contribution in [0.25, 0.3) is 43.7 Å². The van der Waals surface area contributed by atoms with Gasteiger partial charge in [-0.05, 0) is 80.9 Å². The smallest absolute Gasteiger partial charge is 0.267 e. The third-order valence-corrected chi connectivity index (χ3v) is 9.89. The van der Waals surface area contributed by atoms with E-state index < -0.39 is 0 Å². The molecule has 0 spiro atoms. The molecule has 0 aliphatic rings. The van der Waals surface area contributed by atoms with E-state index in [4.69, 9.17) is 21.3 Å². The Bertz CT molecular complexity index is 2400. The SMILES string of the molecule is CCOc1ccc(-n2c(=O)c3ccc(Cl)cc3n3c(CSc4nc5sc(C)c(-c6ccc(F)cc6)c5c(=O)n4CC)nnc23)cc1. The fraction of sp³-hybridized carbons (Fsp3) is 0.182. The van der Waals surface area contributed by atoms with Crippen molar-refractivity contribution in [2.24, 2.45) is 0 Å². The summed E-state index contributed by atoms with van der Waals surface area (Å²) < 4.78 is 24.2. The Morgan fingerprint density at radius 1 is 0.978 bits per heavy atom. The van der Waals surface area contributed by atoms with Gasteiger partial charge in [-0.3, -0.25) is 18.6 Å². The molecular weight excluding hydrogens is 647 g/mol. The van der Waals surface area contributed by atoms with Crippen LogP contribution in [0.15, 0.2) is 81.5 Å². The average Bonchev–Trinajstić information content (AvgIpc) is 3.62. The Labute approximate surface area is 274 Å². The van der Waals surface area contributed by atoms with Crippen molar-refractivity contribution in [2.75, 3.05) is 6.61 Å². The Kier molecular flexibility index (Phi) is 7.87. The fourth-order valence-electron chi connectivity index (χ4n) is 5.62. The van der Waals surface area contributed by atoms with Crippen molar-refractivity contribution >= 4 is 61.6 Å². The van der Waals surface area contributed by atoms with Crippen LogP contribution in [0.2, 0.25) is 5.02 Å². The van der Waals surface area contributed by atoms with Gasteiger partial charge in [-0.1, -0.05) is 35.5 Å². The van der Waals surface area contributed by atoms with Crippen molar-refractivity contribution in [1.82, 2.24) is 28.7 Å². The molecule has 4 aromatic heterocycles. The minimum Gasteiger partial charge on any atom is -0.494 e. The Morgan fingerprint density at radius 2 is 1.74 bits per heavy atom. The maximum Gasteiger partial charge on any atom is 0.267 e. The van der Waals surface area contributed by atoms with Gasteiger partial charge in [-0.2, -0.15) is 0 Å². The number of hydrogen-bond acceptors (Lipinski definition) is 8. The van der Waals surface area contributed by atoms with E-state index in [2.05, 4.69) is 10.2 Å². The van der Waals surface area contributed by atoms with E-state index in [1.54, 1.807) is 59.2 Å². The van der Waals surface area contributed by atoms with Crippen LogP contribution in [0.5, 0.6) is 5.75 Å². The first kappa shape index (κ1) is 30.2. The number of thiophene rings is 1. The maximum atomic E-state index is 13.9. The van der Waals surface area contributed by atoms with E-state index in [-0.39, 0.29) is 16.9 Å². The molecule has 9 nitrogen and oxygen atoms in total. The van der Waals surface area contributed by atoms with Crippen molar-refractivity contribution in [3.63, 3.8) is 0 Å². The van der Waals surface area contributed by atoms with Crippen LogP contribution in [0.4, 0.5) is 4.39 Å². The predicted molar refractivity (Wildman–Crippen MR) is 182 cm³/mol. The molecule has 0 N–H and O–H groups in total. The van der Waals surface area contributed by atoms with Crippen LogP contribution < -0.4 is 15.9 Å². The highest BCUT2D eigenvalue weighted by atomic mass is 35.5. The third-order valence-electron chi connectivity index (χ3n) is 7.69. The highest BCUT2D eigenvalue weighted by molar-refractivity contribution is 7.98. The Morgan fingerprint density at radius 3 is 2.46 bits per heavy atom. The zero-order valence-electron chi connectivity index (χ0n) is 25.0. The molecule has 232 valence electrons. The number of fused-ring (bicyclic) bond motifs is 4. The normalized spacial score (nSPS) is 11.7. The summed E-state index contributed by atoms with van der Waals surface area (Å²) in [6.07, 6.45) is 0. The van der Waals surface area contributed by atoms with Crippen LogP contribution in [0.3, 0.4) is 0 Å². The van der Waals surface area contributed by atoms with Gasteiger partial charge in [0.15, 0.2) is 5.16 Å². The summed E-state index contributed by atoms with van der Waals surface area (Å²) in [6, 6.07) is 18.5. The minimum atomic E-state index is -0.337. The number of nitrogens with zero attached hydrogens (tertiary/aromatic N) is 6. The highest BCUT2D eigenvalue weighted by Gasteiger charge is 2.22.